The van der Waals surface area contributed by atoms with Crippen LogP contribution in [0.15, 0.2) is 28.7 Å². The van der Waals surface area contributed by atoms with Crippen LogP contribution in [-0.2, 0) is 13.1 Å². The number of para-hydroxylation sites is 1. The molecule has 0 atom stereocenters. The SMILES string of the molecule is CC(C)N(C)Cc1c(CN)oc2ccccc12. The van der Waals surface area contributed by atoms with Crippen LogP contribution >= 0.6 is 0 Å². The van der Waals surface area contributed by atoms with E-state index in [0.29, 0.717) is 12.6 Å². The smallest absolute Gasteiger partial charge is 0.134 e. The van der Waals surface area contributed by atoms with Crippen LogP contribution in [0.25, 0.3) is 11.0 Å². The second kappa shape index (κ2) is 4.90. The number of fused-ring (bicyclic) bond motifs is 1. The zero-order chi connectivity index (χ0) is 12.4. The first kappa shape index (κ1) is 12.1. The van der Waals surface area contributed by atoms with E-state index in [-0.39, 0.29) is 0 Å². The Morgan fingerprint density at radius 1 is 1.29 bits per heavy atom. The van der Waals surface area contributed by atoms with E-state index in [2.05, 4.69) is 31.9 Å². The zero-order valence-corrected chi connectivity index (χ0v) is 10.7. The fourth-order valence-electron chi connectivity index (χ4n) is 1.92. The molecule has 1 aromatic heterocycles. The topological polar surface area (TPSA) is 42.4 Å². The summed E-state index contributed by atoms with van der Waals surface area (Å²) in [4.78, 5) is 2.29. The van der Waals surface area contributed by atoms with Gasteiger partial charge in [-0.25, -0.2) is 0 Å². The quantitative estimate of drug-likeness (QED) is 0.881. The van der Waals surface area contributed by atoms with Gasteiger partial charge in [0.05, 0.1) is 6.54 Å². The Kier molecular flexibility index (Phi) is 3.50. The molecule has 0 bridgehead atoms. The maximum absolute atomic E-state index is 5.78. The first-order chi connectivity index (χ1) is 8.13. The highest BCUT2D eigenvalue weighted by Gasteiger charge is 2.15. The van der Waals surface area contributed by atoms with Crippen molar-refractivity contribution in [1.29, 1.82) is 0 Å². The molecule has 0 saturated carbocycles. The van der Waals surface area contributed by atoms with E-state index in [9.17, 15) is 0 Å². The molecule has 0 saturated heterocycles. The monoisotopic (exact) mass is 232 g/mol. The van der Waals surface area contributed by atoms with Gasteiger partial charge in [-0.3, -0.25) is 4.90 Å². The summed E-state index contributed by atoms with van der Waals surface area (Å²) < 4.78 is 5.78. The van der Waals surface area contributed by atoms with E-state index in [0.717, 1.165) is 17.9 Å². The Labute approximate surface area is 102 Å². The summed E-state index contributed by atoms with van der Waals surface area (Å²) in [7, 11) is 2.12. The fourth-order valence-corrected chi connectivity index (χ4v) is 1.92. The minimum Gasteiger partial charge on any atom is -0.459 e. The number of hydrogen-bond acceptors (Lipinski definition) is 3. The maximum Gasteiger partial charge on any atom is 0.134 e. The van der Waals surface area contributed by atoms with Crippen LogP contribution in [-0.4, -0.2) is 18.0 Å². The van der Waals surface area contributed by atoms with E-state index >= 15 is 0 Å². The van der Waals surface area contributed by atoms with Crippen molar-refractivity contribution in [3.05, 3.63) is 35.6 Å². The molecule has 0 aliphatic heterocycles. The molecule has 1 aromatic carbocycles. The lowest BCUT2D eigenvalue weighted by Gasteiger charge is -2.20. The highest BCUT2D eigenvalue weighted by Crippen LogP contribution is 2.26. The van der Waals surface area contributed by atoms with E-state index in [1.807, 2.05) is 18.2 Å². The van der Waals surface area contributed by atoms with Crippen molar-refractivity contribution in [3.8, 4) is 0 Å². The van der Waals surface area contributed by atoms with Gasteiger partial charge in [-0.05, 0) is 27.0 Å². The molecule has 0 radical (unpaired) electrons. The van der Waals surface area contributed by atoms with Crippen molar-refractivity contribution in [3.63, 3.8) is 0 Å². The summed E-state index contributed by atoms with van der Waals surface area (Å²) in [5.41, 5.74) is 7.91. The number of nitrogens with zero attached hydrogens (tertiary/aromatic N) is 1. The summed E-state index contributed by atoms with van der Waals surface area (Å²) in [6.45, 7) is 5.70. The second-order valence-electron chi connectivity index (χ2n) is 4.71. The van der Waals surface area contributed by atoms with Gasteiger partial charge in [-0.1, -0.05) is 18.2 Å². The number of nitrogens with two attached hydrogens (primary N) is 1. The average molecular weight is 232 g/mol. The van der Waals surface area contributed by atoms with Crippen LogP contribution in [0.3, 0.4) is 0 Å². The summed E-state index contributed by atoms with van der Waals surface area (Å²) in [6.07, 6.45) is 0. The molecular formula is C14H20N2O. The molecule has 92 valence electrons. The molecule has 0 spiro atoms. The standard InChI is InChI=1S/C14H20N2O/c1-10(2)16(3)9-12-11-6-4-5-7-13(11)17-14(12)8-15/h4-7,10H,8-9,15H2,1-3H3. The predicted octanol–water partition coefficient (Wildman–Crippen LogP) is 2.73. The Morgan fingerprint density at radius 2 is 2.00 bits per heavy atom. The normalized spacial score (nSPS) is 11.9. The summed E-state index contributed by atoms with van der Waals surface area (Å²) >= 11 is 0. The van der Waals surface area contributed by atoms with Crippen molar-refractivity contribution >= 4 is 11.0 Å². The van der Waals surface area contributed by atoms with Crippen LogP contribution < -0.4 is 5.73 Å². The Hall–Kier alpha value is -1.32. The molecule has 17 heavy (non-hydrogen) atoms. The Balaban J connectivity index is 2.43. The van der Waals surface area contributed by atoms with Crippen molar-refractivity contribution in [1.82, 2.24) is 4.90 Å². The van der Waals surface area contributed by atoms with E-state index in [4.69, 9.17) is 10.2 Å². The Morgan fingerprint density at radius 3 is 2.65 bits per heavy atom. The van der Waals surface area contributed by atoms with Crippen molar-refractivity contribution in [2.75, 3.05) is 7.05 Å². The third kappa shape index (κ3) is 2.35. The molecule has 3 nitrogen and oxygen atoms in total. The van der Waals surface area contributed by atoms with Crippen LogP contribution in [0.2, 0.25) is 0 Å². The molecule has 3 heteroatoms. The molecule has 1 heterocycles. The van der Waals surface area contributed by atoms with Gasteiger partial charge in [0, 0.05) is 23.5 Å². The molecule has 2 rings (SSSR count). The highest BCUT2D eigenvalue weighted by atomic mass is 16.3. The van der Waals surface area contributed by atoms with Gasteiger partial charge in [0.2, 0.25) is 0 Å². The zero-order valence-electron chi connectivity index (χ0n) is 10.7. The van der Waals surface area contributed by atoms with Gasteiger partial charge in [0.1, 0.15) is 11.3 Å². The van der Waals surface area contributed by atoms with Gasteiger partial charge in [-0.2, -0.15) is 0 Å². The molecule has 0 fully saturated rings. The summed E-state index contributed by atoms with van der Waals surface area (Å²) in [5.74, 6) is 0.902. The molecule has 0 aliphatic carbocycles. The lowest BCUT2D eigenvalue weighted by Crippen LogP contribution is -2.26. The number of benzene rings is 1. The number of rotatable bonds is 4. The molecule has 2 N–H and O–H groups in total. The fraction of sp³-hybridized carbons (Fsp3) is 0.429. The van der Waals surface area contributed by atoms with E-state index in [1.54, 1.807) is 0 Å². The van der Waals surface area contributed by atoms with Crippen molar-refractivity contribution in [2.24, 2.45) is 5.73 Å². The van der Waals surface area contributed by atoms with Crippen LogP contribution in [0, 0.1) is 0 Å². The first-order valence-corrected chi connectivity index (χ1v) is 6.03. The van der Waals surface area contributed by atoms with Crippen LogP contribution in [0.5, 0.6) is 0 Å². The first-order valence-electron chi connectivity index (χ1n) is 6.03. The van der Waals surface area contributed by atoms with Gasteiger partial charge in [0.15, 0.2) is 0 Å². The van der Waals surface area contributed by atoms with Crippen LogP contribution in [0.4, 0.5) is 0 Å². The van der Waals surface area contributed by atoms with E-state index < -0.39 is 0 Å². The third-order valence-corrected chi connectivity index (χ3v) is 3.26. The number of hydrogen-bond donors (Lipinski definition) is 1. The van der Waals surface area contributed by atoms with Crippen LogP contribution in [0.1, 0.15) is 25.2 Å². The summed E-state index contributed by atoms with van der Waals surface area (Å²) in [6, 6.07) is 8.63. The highest BCUT2D eigenvalue weighted by molar-refractivity contribution is 5.82. The van der Waals surface area contributed by atoms with E-state index in [1.165, 1.54) is 10.9 Å². The molecule has 0 amide bonds. The maximum atomic E-state index is 5.78. The average Bonchev–Trinajstić information content (AvgIpc) is 2.67. The van der Waals surface area contributed by atoms with Crippen molar-refractivity contribution in [2.45, 2.75) is 33.0 Å². The Bertz CT molecular complexity index is 502. The minimum absolute atomic E-state index is 0.454. The van der Waals surface area contributed by atoms with Gasteiger partial charge >= 0.3 is 0 Å². The molecule has 2 aromatic rings. The lowest BCUT2D eigenvalue weighted by atomic mass is 10.1. The van der Waals surface area contributed by atoms with Gasteiger partial charge in [-0.15, -0.1) is 0 Å². The minimum atomic E-state index is 0.454. The number of furan rings is 1. The van der Waals surface area contributed by atoms with Gasteiger partial charge < -0.3 is 10.2 Å². The molecule has 0 aliphatic rings. The lowest BCUT2D eigenvalue weighted by molar-refractivity contribution is 0.264. The molecular weight excluding hydrogens is 212 g/mol. The second-order valence-corrected chi connectivity index (χ2v) is 4.71. The summed E-state index contributed by atoms with van der Waals surface area (Å²) in [5, 5.41) is 1.18. The predicted molar refractivity (Wildman–Crippen MR) is 70.7 cm³/mol. The van der Waals surface area contributed by atoms with Gasteiger partial charge in [0.25, 0.3) is 0 Å². The van der Waals surface area contributed by atoms with Crippen molar-refractivity contribution < 1.29 is 4.42 Å². The third-order valence-electron chi connectivity index (χ3n) is 3.26. The largest absolute Gasteiger partial charge is 0.459 e. The molecule has 0 unspecified atom stereocenters.